The molecule has 0 atom stereocenters. The lowest BCUT2D eigenvalue weighted by Crippen LogP contribution is -2.19. The van der Waals surface area contributed by atoms with Gasteiger partial charge in [-0.05, 0) is 18.2 Å². The Kier molecular flexibility index (Phi) is 5.69. The van der Waals surface area contributed by atoms with Crippen LogP contribution in [0.4, 0.5) is 33.9 Å². The first-order valence-corrected chi connectivity index (χ1v) is 9.22. The largest absolute Gasteiger partial charge is 0.457 e. The van der Waals surface area contributed by atoms with Crippen LogP contribution in [0.25, 0.3) is 11.3 Å². The predicted octanol–water partition coefficient (Wildman–Crippen LogP) is 5.06. The van der Waals surface area contributed by atoms with Crippen LogP contribution in [0, 0.1) is 5.82 Å². The average Bonchev–Trinajstić information content (AvgIpc) is 3.39. The summed E-state index contributed by atoms with van der Waals surface area (Å²) in [4.78, 5) is 16.2. The van der Waals surface area contributed by atoms with Gasteiger partial charge in [-0.1, -0.05) is 5.16 Å². The van der Waals surface area contributed by atoms with E-state index < -0.39 is 29.6 Å². The summed E-state index contributed by atoms with van der Waals surface area (Å²) < 4.78 is 63.7. The SMILES string of the molecule is Cn1cc(-c2cc(Oc3ccc(NC(=O)Nc4cc(C(F)(F)F)no4)c(F)c3)ccn2)cn1. The molecule has 0 bridgehead atoms. The molecule has 3 heterocycles. The number of carbonyl (C=O) groups is 1. The first-order valence-electron chi connectivity index (χ1n) is 9.22. The third-order valence-corrected chi connectivity index (χ3v) is 4.19. The predicted molar refractivity (Wildman–Crippen MR) is 107 cm³/mol. The third-order valence-electron chi connectivity index (χ3n) is 4.19. The normalized spacial score (nSPS) is 11.3. The summed E-state index contributed by atoms with van der Waals surface area (Å²) in [6, 6.07) is 6.39. The Hall–Kier alpha value is -4.42. The quantitative estimate of drug-likeness (QED) is 0.402. The van der Waals surface area contributed by atoms with Gasteiger partial charge in [0, 0.05) is 43.2 Å². The van der Waals surface area contributed by atoms with E-state index in [1.165, 1.54) is 18.3 Å². The Labute approximate surface area is 183 Å². The van der Waals surface area contributed by atoms with Crippen molar-refractivity contribution in [3.05, 3.63) is 66.5 Å². The number of anilines is 2. The highest BCUT2D eigenvalue weighted by Gasteiger charge is 2.35. The molecule has 2 N–H and O–H groups in total. The molecule has 0 radical (unpaired) electrons. The fraction of sp³-hybridized carbons (Fsp3) is 0.100. The minimum absolute atomic E-state index is 0.145. The standard InChI is InChI=1S/C20H14F4N6O3/c1-30-10-11(9-26-30)16-7-13(4-5-25-16)32-12-2-3-15(14(21)6-12)27-19(31)28-18-8-17(29-33-18)20(22,23)24/h2-10H,1H3,(H2,27,28,31). The maximum Gasteiger partial charge on any atom is 0.436 e. The van der Waals surface area contributed by atoms with E-state index >= 15 is 0 Å². The number of urea groups is 1. The topological polar surface area (TPSA) is 107 Å². The van der Waals surface area contributed by atoms with Crippen LogP contribution in [0.2, 0.25) is 0 Å². The van der Waals surface area contributed by atoms with Gasteiger partial charge in [0.1, 0.15) is 17.3 Å². The molecule has 0 unspecified atom stereocenters. The van der Waals surface area contributed by atoms with Crippen LogP contribution in [0.1, 0.15) is 5.69 Å². The van der Waals surface area contributed by atoms with Crippen molar-refractivity contribution < 1.29 is 31.6 Å². The molecule has 33 heavy (non-hydrogen) atoms. The van der Waals surface area contributed by atoms with Gasteiger partial charge in [-0.15, -0.1) is 0 Å². The van der Waals surface area contributed by atoms with Crippen LogP contribution in [0.5, 0.6) is 11.5 Å². The number of carbonyl (C=O) groups excluding carboxylic acids is 1. The summed E-state index contributed by atoms with van der Waals surface area (Å²) >= 11 is 0. The number of ether oxygens (including phenoxy) is 1. The van der Waals surface area contributed by atoms with Crippen molar-refractivity contribution in [1.29, 1.82) is 0 Å². The van der Waals surface area contributed by atoms with Gasteiger partial charge < -0.3 is 14.6 Å². The van der Waals surface area contributed by atoms with Crippen LogP contribution in [0.3, 0.4) is 0 Å². The van der Waals surface area contributed by atoms with E-state index in [4.69, 9.17) is 4.74 Å². The van der Waals surface area contributed by atoms with E-state index in [2.05, 4.69) is 25.1 Å². The molecule has 3 aromatic heterocycles. The molecule has 0 saturated carbocycles. The number of halogens is 4. The van der Waals surface area contributed by atoms with Crippen molar-refractivity contribution >= 4 is 17.6 Å². The van der Waals surface area contributed by atoms with E-state index in [-0.39, 0.29) is 11.4 Å². The summed E-state index contributed by atoms with van der Waals surface area (Å²) in [5.41, 5.74) is -0.166. The van der Waals surface area contributed by atoms with Crippen molar-refractivity contribution in [3.8, 4) is 22.8 Å². The zero-order valence-electron chi connectivity index (χ0n) is 16.7. The van der Waals surface area contributed by atoms with Crippen molar-refractivity contribution in [3.63, 3.8) is 0 Å². The molecule has 0 spiro atoms. The van der Waals surface area contributed by atoms with Gasteiger partial charge in [0.2, 0.25) is 5.88 Å². The molecule has 9 nitrogen and oxygen atoms in total. The number of hydrogen-bond acceptors (Lipinski definition) is 6. The van der Waals surface area contributed by atoms with E-state index in [0.717, 1.165) is 11.6 Å². The van der Waals surface area contributed by atoms with Crippen LogP contribution < -0.4 is 15.4 Å². The Balaban J connectivity index is 1.41. The molecule has 2 amide bonds. The number of hydrogen-bond donors (Lipinski definition) is 2. The summed E-state index contributed by atoms with van der Waals surface area (Å²) in [5, 5.41) is 11.0. The van der Waals surface area contributed by atoms with Crippen LogP contribution in [-0.4, -0.2) is 26.0 Å². The first kappa shape index (κ1) is 21.8. The number of aromatic nitrogens is 4. The minimum Gasteiger partial charge on any atom is -0.457 e. The van der Waals surface area contributed by atoms with Crippen molar-refractivity contribution in [2.24, 2.45) is 7.05 Å². The Morgan fingerprint density at radius 1 is 1.12 bits per heavy atom. The number of pyridine rings is 1. The van der Waals surface area contributed by atoms with E-state index in [1.807, 2.05) is 5.32 Å². The Morgan fingerprint density at radius 3 is 2.58 bits per heavy atom. The minimum atomic E-state index is -4.73. The van der Waals surface area contributed by atoms with Gasteiger partial charge in [0.05, 0.1) is 17.6 Å². The van der Waals surface area contributed by atoms with Crippen LogP contribution in [-0.2, 0) is 13.2 Å². The number of rotatable bonds is 5. The van der Waals surface area contributed by atoms with E-state index in [9.17, 15) is 22.4 Å². The summed E-state index contributed by atoms with van der Waals surface area (Å²) in [7, 11) is 1.77. The summed E-state index contributed by atoms with van der Waals surface area (Å²) in [6.45, 7) is 0. The monoisotopic (exact) mass is 462 g/mol. The molecule has 0 aliphatic rings. The molecule has 0 aliphatic heterocycles. The molecule has 1 aromatic carbocycles. The molecule has 0 saturated heterocycles. The molecule has 0 fully saturated rings. The fourth-order valence-corrected chi connectivity index (χ4v) is 2.72. The second-order valence-corrected chi connectivity index (χ2v) is 6.68. The zero-order chi connectivity index (χ0) is 23.6. The van der Waals surface area contributed by atoms with Gasteiger partial charge in [-0.3, -0.25) is 15.0 Å². The van der Waals surface area contributed by atoms with Gasteiger partial charge in [-0.25, -0.2) is 9.18 Å². The smallest absolute Gasteiger partial charge is 0.436 e. The second kappa shape index (κ2) is 8.61. The highest BCUT2D eigenvalue weighted by Crippen LogP contribution is 2.30. The first-order chi connectivity index (χ1) is 15.7. The molecular weight excluding hydrogens is 448 g/mol. The zero-order valence-corrected chi connectivity index (χ0v) is 16.7. The number of benzene rings is 1. The maximum absolute atomic E-state index is 14.4. The molecule has 0 aliphatic carbocycles. The Bertz CT molecular complexity index is 1300. The van der Waals surface area contributed by atoms with Crippen LogP contribution >= 0.6 is 0 Å². The average molecular weight is 462 g/mol. The molecule has 13 heteroatoms. The highest BCUT2D eigenvalue weighted by molar-refractivity contribution is 5.99. The number of aryl methyl sites for hydroxylation is 1. The lowest BCUT2D eigenvalue weighted by Gasteiger charge is -2.10. The number of amides is 2. The third kappa shape index (κ3) is 5.26. The lowest BCUT2D eigenvalue weighted by atomic mass is 10.2. The summed E-state index contributed by atoms with van der Waals surface area (Å²) in [6.07, 6.45) is 0.220. The summed E-state index contributed by atoms with van der Waals surface area (Å²) in [5.74, 6) is -0.848. The highest BCUT2D eigenvalue weighted by atomic mass is 19.4. The number of nitrogens with zero attached hydrogens (tertiary/aromatic N) is 4. The van der Waals surface area contributed by atoms with E-state index in [1.54, 1.807) is 36.3 Å². The lowest BCUT2D eigenvalue weighted by molar-refractivity contribution is -0.142. The van der Waals surface area contributed by atoms with Crippen molar-refractivity contribution in [2.45, 2.75) is 6.18 Å². The van der Waals surface area contributed by atoms with Gasteiger partial charge in [-0.2, -0.15) is 18.3 Å². The second-order valence-electron chi connectivity index (χ2n) is 6.68. The Morgan fingerprint density at radius 2 is 1.91 bits per heavy atom. The van der Waals surface area contributed by atoms with Crippen LogP contribution in [0.15, 0.2) is 59.5 Å². The maximum atomic E-state index is 14.4. The van der Waals surface area contributed by atoms with Crippen molar-refractivity contribution in [2.75, 3.05) is 10.6 Å². The number of alkyl halides is 3. The van der Waals surface area contributed by atoms with Gasteiger partial charge in [0.15, 0.2) is 5.69 Å². The fourth-order valence-electron chi connectivity index (χ4n) is 2.72. The van der Waals surface area contributed by atoms with E-state index in [0.29, 0.717) is 17.5 Å². The van der Waals surface area contributed by atoms with Gasteiger partial charge >= 0.3 is 12.2 Å². The number of nitrogens with one attached hydrogen (secondary N) is 2. The van der Waals surface area contributed by atoms with Crippen molar-refractivity contribution in [1.82, 2.24) is 19.9 Å². The molecular formula is C20H14F4N6O3. The molecule has 170 valence electrons. The molecule has 4 rings (SSSR count). The molecule has 4 aromatic rings. The van der Waals surface area contributed by atoms with Gasteiger partial charge in [0.25, 0.3) is 0 Å².